The van der Waals surface area contributed by atoms with Gasteiger partial charge in [-0.1, -0.05) is 6.92 Å². The standard InChI is InChI=1S/C13H15F3N2O/c1-7-2-3-18(11(7)6-17)13(19)12-9(15)4-8(14)5-10(12)16/h4-5,7,11H,2-3,6,17H2,1H3. The molecule has 2 N–H and O–H groups in total. The number of hydrogen-bond donors (Lipinski definition) is 1. The zero-order valence-electron chi connectivity index (χ0n) is 10.5. The smallest absolute Gasteiger partial charge is 0.260 e. The van der Waals surface area contributed by atoms with E-state index in [0.717, 1.165) is 6.42 Å². The molecule has 2 unspecified atom stereocenters. The van der Waals surface area contributed by atoms with Crippen molar-refractivity contribution in [1.29, 1.82) is 0 Å². The minimum atomic E-state index is -1.18. The van der Waals surface area contributed by atoms with E-state index in [2.05, 4.69) is 0 Å². The van der Waals surface area contributed by atoms with Crippen LogP contribution in [-0.4, -0.2) is 29.9 Å². The fourth-order valence-electron chi connectivity index (χ4n) is 2.51. The number of halogens is 3. The summed E-state index contributed by atoms with van der Waals surface area (Å²) in [6.07, 6.45) is 0.734. The normalized spacial score (nSPS) is 22.9. The number of carbonyl (C=O) groups is 1. The highest BCUT2D eigenvalue weighted by molar-refractivity contribution is 5.95. The number of carbonyl (C=O) groups excluding carboxylic acids is 1. The first-order valence-electron chi connectivity index (χ1n) is 6.11. The fourth-order valence-corrected chi connectivity index (χ4v) is 2.51. The van der Waals surface area contributed by atoms with Crippen LogP contribution >= 0.6 is 0 Å². The topological polar surface area (TPSA) is 46.3 Å². The zero-order valence-corrected chi connectivity index (χ0v) is 10.5. The van der Waals surface area contributed by atoms with E-state index in [0.29, 0.717) is 18.7 Å². The Morgan fingerprint density at radius 1 is 1.37 bits per heavy atom. The van der Waals surface area contributed by atoms with Gasteiger partial charge in [-0.3, -0.25) is 4.79 Å². The van der Waals surface area contributed by atoms with E-state index < -0.39 is 28.9 Å². The molecule has 1 aromatic carbocycles. The molecule has 1 aromatic rings. The third-order valence-electron chi connectivity index (χ3n) is 3.61. The van der Waals surface area contributed by atoms with Gasteiger partial charge in [0.15, 0.2) is 0 Å². The van der Waals surface area contributed by atoms with Gasteiger partial charge in [0.2, 0.25) is 0 Å². The van der Waals surface area contributed by atoms with Gasteiger partial charge in [-0.05, 0) is 12.3 Å². The van der Waals surface area contributed by atoms with E-state index >= 15 is 0 Å². The summed E-state index contributed by atoms with van der Waals surface area (Å²) >= 11 is 0. The summed E-state index contributed by atoms with van der Waals surface area (Å²) in [5.41, 5.74) is 4.88. The van der Waals surface area contributed by atoms with Crippen LogP contribution in [0.5, 0.6) is 0 Å². The number of rotatable bonds is 2. The van der Waals surface area contributed by atoms with Gasteiger partial charge < -0.3 is 10.6 Å². The first-order valence-corrected chi connectivity index (χ1v) is 6.11. The Morgan fingerprint density at radius 3 is 2.47 bits per heavy atom. The summed E-state index contributed by atoms with van der Waals surface area (Å²) in [5.74, 6) is -4.00. The molecule has 3 nitrogen and oxygen atoms in total. The van der Waals surface area contributed by atoms with Gasteiger partial charge in [0.05, 0.1) is 0 Å². The monoisotopic (exact) mass is 272 g/mol. The molecule has 1 fully saturated rings. The maximum absolute atomic E-state index is 13.6. The van der Waals surface area contributed by atoms with Crippen LogP contribution in [0, 0.1) is 23.4 Å². The van der Waals surface area contributed by atoms with Gasteiger partial charge in [0.1, 0.15) is 23.0 Å². The van der Waals surface area contributed by atoms with E-state index in [-0.39, 0.29) is 18.5 Å². The maximum Gasteiger partial charge on any atom is 0.260 e. The number of nitrogens with two attached hydrogens (primary N) is 1. The van der Waals surface area contributed by atoms with Crippen molar-refractivity contribution in [2.45, 2.75) is 19.4 Å². The lowest BCUT2D eigenvalue weighted by Gasteiger charge is -2.26. The van der Waals surface area contributed by atoms with Crippen LogP contribution in [0.3, 0.4) is 0 Å². The Labute approximate surface area is 109 Å². The highest BCUT2D eigenvalue weighted by Gasteiger charge is 2.36. The van der Waals surface area contributed by atoms with Crippen molar-refractivity contribution in [3.8, 4) is 0 Å². The molecule has 0 bridgehead atoms. The van der Waals surface area contributed by atoms with Crippen LogP contribution in [0.2, 0.25) is 0 Å². The van der Waals surface area contributed by atoms with Gasteiger partial charge in [-0.15, -0.1) is 0 Å². The molecule has 104 valence electrons. The number of nitrogens with zero attached hydrogens (tertiary/aromatic N) is 1. The van der Waals surface area contributed by atoms with Gasteiger partial charge in [-0.25, -0.2) is 13.2 Å². The molecule has 0 aromatic heterocycles. The van der Waals surface area contributed by atoms with E-state index in [4.69, 9.17) is 5.73 Å². The molecule has 0 saturated carbocycles. The predicted octanol–water partition coefficient (Wildman–Crippen LogP) is 1.91. The quantitative estimate of drug-likeness (QED) is 0.894. The molecule has 19 heavy (non-hydrogen) atoms. The lowest BCUT2D eigenvalue weighted by atomic mass is 10.0. The third-order valence-corrected chi connectivity index (χ3v) is 3.61. The summed E-state index contributed by atoms with van der Waals surface area (Å²) in [4.78, 5) is 13.5. The van der Waals surface area contributed by atoms with Crippen LogP contribution in [0.4, 0.5) is 13.2 Å². The van der Waals surface area contributed by atoms with E-state index in [1.165, 1.54) is 4.90 Å². The van der Waals surface area contributed by atoms with Crippen LogP contribution in [0.25, 0.3) is 0 Å². The number of amides is 1. The molecule has 6 heteroatoms. The van der Waals surface area contributed by atoms with Crippen molar-refractivity contribution in [2.75, 3.05) is 13.1 Å². The average Bonchev–Trinajstić information content (AvgIpc) is 2.68. The van der Waals surface area contributed by atoms with Gasteiger partial charge >= 0.3 is 0 Å². The first kappa shape index (κ1) is 13.9. The predicted molar refractivity (Wildman–Crippen MR) is 64.0 cm³/mol. The Balaban J connectivity index is 2.35. The summed E-state index contributed by atoms with van der Waals surface area (Å²) in [7, 11) is 0. The maximum atomic E-state index is 13.6. The molecule has 1 aliphatic heterocycles. The summed E-state index contributed by atoms with van der Waals surface area (Å²) in [6.45, 7) is 2.57. The highest BCUT2D eigenvalue weighted by Crippen LogP contribution is 2.26. The molecular weight excluding hydrogens is 257 g/mol. The molecular formula is C13H15F3N2O. The second-order valence-electron chi connectivity index (χ2n) is 4.81. The largest absolute Gasteiger partial charge is 0.334 e. The molecule has 1 amide bonds. The van der Waals surface area contributed by atoms with Gasteiger partial charge in [0.25, 0.3) is 5.91 Å². The molecule has 2 rings (SSSR count). The van der Waals surface area contributed by atoms with Crippen LogP contribution < -0.4 is 5.73 Å². The molecule has 0 spiro atoms. The van der Waals surface area contributed by atoms with Crippen LogP contribution in [-0.2, 0) is 0 Å². The van der Waals surface area contributed by atoms with E-state index in [9.17, 15) is 18.0 Å². The Hall–Kier alpha value is -1.56. The molecule has 1 saturated heterocycles. The SMILES string of the molecule is CC1CCN(C(=O)c2c(F)cc(F)cc2F)C1CN. The number of likely N-dealkylation sites (tertiary alicyclic amines) is 1. The highest BCUT2D eigenvalue weighted by atomic mass is 19.1. The minimum Gasteiger partial charge on any atom is -0.334 e. The average molecular weight is 272 g/mol. The Morgan fingerprint density at radius 2 is 1.95 bits per heavy atom. The van der Waals surface area contributed by atoms with Crippen molar-refractivity contribution >= 4 is 5.91 Å². The van der Waals surface area contributed by atoms with Crippen molar-refractivity contribution in [3.05, 3.63) is 35.1 Å². The van der Waals surface area contributed by atoms with Crippen molar-refractivity contribution < 1.29 is 18.0 Å². The molecule has 1 aliphatic rings. The number of hydrogen-bond acceptors (Lipinski definition) is 2. The summed E-state index contributed by atoms with van der Waals surface area (Å²) in [5, 5.41) is 0. The fraction of sp³-hybridized carbons (Fsp3) is 0.462. The van der Waals surface area contributed by atoms with Crippen molar-refractivity contribution in [1.82, 2.24) is 4.90 Å². The number of benzene rings is 1. The van der Waals surface area contributed by atoms with Crippen molar-refractivity contribution in [3.63, 3.8) is 0 Å². The summed E-state index contributed by atoms with van der Waals surface area (Å²) < 4.78 is 40.0. The van der Waals surface area contributed by atoms with Crippen LogP contribution in [0.15, 0.2) is 12.1 Å². The second kappa shape index (κ2) is 5.21. The first-order chi connectivity index (χ1) is 8.95. The Kier molecular flexibility index (Phi) is 3.80. The van der Waals surface area contributed by atoms with Crippen LogP contribution in [0.1, 0.15) is 23.7 Å². The minimum absolute atomic E-state index is 0.181. The molecule has 0 radical (unpaired) electrons. The van der Waals surface area contributed by atoms with E-state index in [1.807, 2.05) is 6.92 Å². The lowest BCUT2D eigenvalue weighted by Crippen LogP contribution is -2.42. The zero-order chi connectivity index (χ0) is 14.2. The van der Waals surface area contributed by atoms with Crippen molar-refractivity contribution in [2.24, 2.45) is 11.7 Å². The third kappa shape index (κ3) is 2.45. The molecule has 1 heterocycles. The van der Waals surface area contributed by atoms with Gasteiger partial charge in [-0.2, -0.15) is 0 Å². The summed E-state index contributed by atoms with van der Waals surface area (Å²) in [6, 6.07) is 0.775. The molecule has 2 atom stereocenters. The van der Waals surface area contributed by atoms with Gasteiger partial charge in [0, 0.05) is 31.3 Å². The second-order valence-corrected chi connectivity index (χ2v) is 4.81. The lowest BCUT2D eigenvalue weighted by molar-refractivity contribution is 0.0717. The molecule has 0 aliphatic carbocycles. The van der Waals surface area contributed by atoms with E-state index in [1.54, 1.807) is 0 Å². The Bertz CT molecular complexity index is 484.